The van der Waals surface area contributed by atoms with Crippen molar-refractivity contribution in [2.75, 3.05) is 0 Å². The van der Waals surface area contributed by atoms with Crippen LogP contribution in [0, 0.1) is 6.92 Å². The number of aromatic nitrogens is 2. The van der Waals surface area contributed by atoms with E-state index in [1.807, 2.05) is 49.4 Å². The van der Waals surface area contributed by atoms with Crippen LogP contribution >= 0.6 is 22.9 Å². The van der Waals surface area contributed by atoms with E-state index in [1.165, 1.54) is 15.9 Å². The molecule has 0 N–H and O–H groups in total. The summed E-state index contributed by atoms with van der Waals surface area (Å²) in [6, 6.07) is 22.8. The Hall–Kier alpha value is -3.15. The van der Waals surface area contributed by atoms with Gasteiger partial charge in [0.2, 0.25) is 0 Å². The maximum atomic E-state index is 13.7. The van der Waals surface area contributed by atoms with Gasteiger partial charge in [-0.25, -0.2) is 9.36 Å². The molecule has 30 heavy (non-hydrogen) atoms. The van der Waals surface area contributed by atoms with Crippen molar-refractivity contribution in [3.8, 4) is 5.69 Å². The van der Waals surface area contributed by atoms with Gasteiger partial charge in [0.05, 0.1) is 22.8 Å². The third-order valence-electron chi connectivity index (χ3n) is 5.18. The van der Waals surface area contributed by atoms with Gasteiger partial charge in [-0.2, -0.15) is 0 Å². The number of para-hydroxylation sites is 1. The molecule has 6 heteroatoms. The molecule has 0 radical (unpaired) electrons. The Morgan fingerprint density at radius 3 is 2.50 bits per heavy atom. The van der Waals surface area contributed by atoms with E-state index in [1.54, 1.807) is 28.8 Å². The summed E-state index contributed by atoms with van der Waals surface area (Å²) in [7, 11) is 0. The largest absolute Gasteiger partial charge is 0.336 e. The highest BCUT2D eigenvalue weighted by molar-refractivity contribution is 7.25. The van der Waals surface area contributed by atoms with Crippen molar-refractivity contribution < 1.29 is 0 Å². The van der Waals surface area contributed by atoms with Crippen LogP contribution in [-0.4, -0.2) is 9.13 Å². The van der Waals surface area contributed by atoms with Gasteiger partial charge < -0.3 is 0 Å². The Balaban J connectivity index is 1.92. The van der Waals surface area contributed by atoms with Crippen molar-refractivity contribution >= 4 is 43.2 Å². The predicted octanol–water partition coefficient (Wildman–Crippen LogP) is 5.38. The van der Waals surface area contributed by atoms with Gasteiger partial charge in [0.1, 0.15) is 4.70 Å². The Kier molecular flexibility index (Phi) is 4.57. The van der Waals surface area contributed by atoms with Crippen LogP contribution < -0.4 is 11.2 Å². The Bertz CT molecular complexity index is 1540. The number of hydrogen-bond donors (Lipinski definition) is 0. The van der Waals surface area contributed by atoms with E-state index in [-0.39, 0.29) is 5.56 Å². The highest BCUT2D eigenvalue weighted by atomic mass is 35.5. The lowest BCUT2D eigenvalue weighted by atomic mass is 10.1. The number of aryl methyl sites for hydroxylation is 1. The number of halogens is 1. The third kappa shape index (κ3) is 2.98. The topological polar surface area (TPSA) is 44.0 Å². The Morgan fingerprint density at radius 1 is 0.933 bits per heavy atom. The van der Waals surface area contributed by atoms with Crippen LogP contribution in [0.1, 0.15) is 11.1 Å². The number of nitrogens with zero attached hydrogens (tertiary/aromatic N) is 2. The van der Waals surface area contributed by atoms with Crippen LogP contribution in [0.25, 0.3) is 26.0 Å². The van der Waals surface area contributed by atoms with Crippen LogP contribution in [0.3, 0.4) is 0 Å². The molecule has 5 aromatic rings. The maximum Gasteiger partial charge on any atom is 0.336 e. The molecule has 0 amide bonds. The average molecular weight is 433 g/mol. The summed E-state index contributed by atoms with van der Waals surface area (Å²) < 4.78 is 4.39. The van der Waals surface area contributed by atoms with Gasteiger partial charge in [-0.05, 0) is 30.7 Å². The van der Waals surface area contributed by atoms with Gasteiger partial charge in [0.15, 0.2) is 0 Å². The molecule has 0 saturated heterocycles. The molecule has 0 atom stereocenters. The van der Waals surface area contributed by atoms with Crippen molar-refractivity contribution in [1.82, 2.24) is 9.13 Å². The first kappa shape index (κ1) is 18.9. The highest BCUT2D eigenvalue weighted by Crippen LogP contribution is 2.31. The second-order valence-electron chi connectivity index (χ2n) is 7.23. The lowest BCUT2D eigenvalue weighted by molar-refractivity contribution is 0.717. The monoisotopic (exact) mass is 432 g/mol. The molecule has 4 nitrogen and oxygen atoms in total. The minimum atomic E-state index is -0.398. The first-order chi connectivity index (χ1) is 14.5. The molecule has 5 rings (SSSR count). The standard InChI is InChI=1S/C24H17ClN2O2S/c1-15-7-6-8-16(13-15)14-26-21-17-9-2-5-12-20(17)30-22(21)23(28)27(24(26)29)19-11-4-3-10-18(19)25/h2-13H,14H2,1H3. The average Bonchev–Trinajstić information content (AvgIpc) is 3.13. The molecule has 0 fully saturated rings. The molecule has 3 aromatic carbocycles. The molecule has 0 aliphatic heterocycles. The third-order valence-corrected chi connectivity index (χ3v) is 6.64. The smallest absolute Gasteiger partial charge is 0.287 e. The SMILES string of the molecule is Cc1cccc(Cn2c(=O)n(-c3ccccc3Cl)c(=O)c3sc4ccccc4c32)c1. The quantitative estimate of drug-likeness (QED) is 0.384. The first-order valence-electron chi connectivity index (χ1n) is 9.52. The van der Waals surface area contributed by atoms with Crippen molar-refractivity contribution in [2.45, 2.75) is 13.5 Å². The Morgan fingerprint density at radius 2 is 1.70 bits per heavy atom. The Labute approximate surface area is 181 Å². The molecular weight excluding hydrogens is 416 g/mol. The fourth-order valence-corrected chi connectivity index (χ4v) is 5.19. The van der Waals surface area contributed by atoms with Gasteiger partial charge in [-0.3, -0.25) is 9.36 Å². The van der Waals surface area contributed by atoms with Gasteiger partial charge >= 0.3 is 5.69 Å². The number of rotatable bonds is 3. The molecule has 0 spiro atoms. The van der Waals surface area contributed by atoms with Gasteiger partial charge in [0, 0.05) is 10.1 Å². The summed E-state index contributed by atoms with van der Waals surface area (Å²) in [6.07, 6.45) is 0. The first-order valence-corrected chi connectivity index (χ1v) is 10.7. The van der Waals surface area contributed by atoms with E-state index in [4.69, 9.17) is 11.6 Å². The van der Waals surface area contributed by atoms with Crippen LogP contribution in [-0.2, 0) is 6.54 Å². The summed E-state index contributed by atoms with van der Waals surface area (Å²) in [5, 5.41) is 1.27. The summed E-state index contributed by atoms with van der Waals surface area (Å²) in [6.45, 7) is 2.38. The number of benzene rings is 3. The van der Waals surface area contributed by atoms with E-state index in [2.05, 4.69) is 6.07 Å². The molecule has 0 aliphatic carbocycles. The fourth-order valence-electron chi connectivity index (χ4n) is 3.83. The molecule has 2 heterocycles. The number of hydrogen-bond acceptors (Lipinski definition) is 3. The van der Waals surface area contributed by atoms with Gasteiger partial charge in [0.25, 0.3) is 5.56 Å². The molecule has 0 unspecified atom stereocenters. The second-order valence-corrected chi connectivity index (χ2v) is 8.69. The number of fused-ring (bicyclic) bond motifs is 3. The lowest BCUT2D eigenvalue weighted by Crippen LogP contribution is -2.38. The molecule has 0 bridgehead atoms. The van der Waals surface area contributed by atoms with Gasteiger partial charge in [-0.15, -0.1) is 11.3 Å². The molecule has 0 aliphatic rings. The van der Waals surface area contributed by atoms with E-state index in [0.29, 0.717) is 27.5 Å². The van der Waals surface area contributed by atoms with E-state index < -0.39 is 5.69 Å². The van der Waals surface area contributed by atoms with Gasteiger partial charge in [-0.1, -0.05) is 71.8 Å². The van der Waals surface area contributed by atoms with Crippen molar-refractivity contribution in [3.63, 3.8) is 0 Å². The molecular formula is C24H17ClN2O2S. The maximum absolute atomic E-state index is 13.7. The van der Waals surface area contributed by atoms with Crippen LogP contribution in [0.5, 0.6) is 0 Å². The summed E-state index contributed by atoms with van der Waals surface area (Å²) in [5.74, 6) is 0. The summed E-state index contributed by atoms with van der Waals surface area (Å²) >= 11 is 7.76. The normalized spacial score (nSPS) is 11.4. The number of thiophene rings is 1. The second kappa shape index (κ2) is 7.27. The zero-order valence-electron chi connectivity index (χ0n) is 16.1. The molecule has 2 aromatic heterocycles. The van der Waals surface area contributed by atoms with E-state index in [0.717, 1.165) is 21.2 Å². The molecule has 148 valence electrons. The summed E-state index contributed by atoms with van der Waals surface area (Å²) in [4.78, 5) is 27.1. The van der Waals surface area contributed by atoms with Crippen LogP contribution in [0.4, 0.5) is 0 Å². The fraction of sp³-hybridized carbons (Fsp3) is 0.0833. The highest BCUT2D eigenvalue weighted by Gasteiger charge is 2.20. The summed E-state index contributed by atoms with van der Waals surface area (Å²) in [5.41, 5.74) is 2.45. The van der Waals surface area contributed by atoms with Crippen molar-refractivity contribution in [3.05, 3.63) is 110 Å². The predicted molar refractivity (Wildman–Crippen MR) is 124 cm³/mol. The minimum Gasteiger partial charge on any atom is -0.287 e. The minimum absolute atomic E-state index is 0.343. The lowest BCUT2D eigenvalue weighted by Gasteiger charge is -2.14. The zero-order chi connectivity index (χ0) is 20.8. The van der Waals surface area contributed by atoms with E-state index in [9.17, 15) is 9.59 Å². The van der Waals surface area contributed by atoms with Crippen molar-refractivity contribution in [2.24, 2.45) is 0 Å². The van der Waals surface area contributed by atoms with Crippen LogP contribution in [0.2, 0.25) is 5.02 Å². The molecule has 0 saturated carbocycles. The van der Waals surface area contributed by atoms with E-state index >= 15 is 0 Å². The zero-order valence-corrected chi connectivity index (χ0v) is 17.7. The van der Waals surface area contributed by atoms with Crippen LogP contribution in [0.15, 0.2) is 82.4 Å². The van der Waals surface area contributed by atoms with Crippen molar-refractivity contribution in [1.29, 1.82) is 0 Å².